The fourth-order valence-corrected chi connectivity index (χ4v) is 1.13. The summed E-state index contributed by atoms with van der Waals surface area (Å²) in [7, 11) is 0. The number of ether oxygens (including phenoxy) is 1. The van der Waals surface area contributed by atoms with Gasteiger partial charge in [0.15, 0.2) is 0 Å². The van der Waals surface area contributed by atoms with E-state index in [-0.39, 0.29) is 0 Å². The van der Waals surface area contributed by atoms with Crippen molar-refractivity contribution in [2.45, 2.75) is 26.7 Å². The monoisotopic (exact) mass is 197 g/mol. The Hall–Kier alpha value is -1.12. The molecular formula is C11H16FNO. The summed E-state index contributed by atoms with van der Waals surface area (Å²) in [5, 5.41) is 0. The van der Waals surface area contributed by atoms with Crippen LogP contribution in [0.1, 0.15) is 26.7 Å². The van der Waals surface area contributed by atoms with Crippen LogP contribution in [0, 0.1) is 11.9 Å². The van der Waals surface area contributed by atoms with Crippen LogP contribution in [0.15, 0.2) is 18.3 Å². The van der Waals surface area contributed by atoms with Gasteiger partial charge in [0.05, 0.1) is 12.8 Å². The Labute approximate surface area is 84.1 Å². The standard InChI is InChI=1S/C11H16FNO/c1-9(2)4-3-7-14-10-5-6-11(12)13-8-10/h5-6,8-9H,3-4,7H2,1-2H3. The Morgan fingerprint density at radius 2 is 2.21 bits per heavy atom. The van der Waals surface area contributed by atoms with Crippen molar-refractivity contribution in [3.63, 3.8) is 0 Å². The van der Waals surface area contributed by atoms with Crippen molar-refractivity contribution < 1.29 is 9.13 Å². The molecule has 0 N–H and O–H groups in total. The Morgan fingerprint density at radius 3 is 2.79 bits per heavy atom. The Bertz CT molecular complexity index is 258. The molecule has 0 bridgehead atoms. The highest BCUT2D eigenvalue weighted by Crippen LogP contribution is 2.10. The van der Waals surface area contributed by atoms with Crippen LogP contribution in [0.4, 0.5) is 4.39 Å². The summed E-state index contributed by atoms with van der Waals surface area (Å²) in [6.07, 6.45) is 3.58. The lowest BCUT2D eigenvalue weighted by Crippen LogP contribution is -2.00. The number of halogens is 1. The van der Waals surface area contributed by atoms with Gasteiger partial charge in [-0.2, -0.15) is 4.39 Å². The molecule has 0 spiro atoms. The smallest absolute Gasteiger partial charge is 0.213 e. The summed E-state index contributed by atoms with van der Waals surface area (Å²) in [5.41, 5.74) is 0. The van der Waals surface area contributed by atoms with Gasteiger partial charge in [-0.25, -0.2) is 4.98 Å². The van der Waals surface area contributed by atoms with E-state index < -0.39 is 5.95 Å². The zero-order chi connectivity index (χ0) is 10.4. The molecule has 0 atom stereocenters. The molecular weight excluding hydrogens is 181 g/mol. The zero-order valence-corrected chi connectivity index (χ0v) is 8.66. The first-order valence-electron chi connectivity index (χ1n) is 4.93. The maximum absolute atomic E-state index is 12.4. The summed E-state index contributed by atoms with van der Waals surface area (Å²) in [6.45, 7) is 5.03. The van der Waals surface area contributed by atoms with Crippen LogP contribution in [0.2, 0.25) is 0 Å². The third-order valence-electron chi connectivity index (χ3n) is 1.89. The van der Waals surface area contributed by atoms with Gasteiger partial charge < -0.3 is 4.74 Å². The molecule has 0 saturated carbocycles. The lowest BCUT2D eigenvalue weighted by atomic mass is 10.1. The number of rotatable bonds is 5. The van der Waals surface area contributed by atoms with Crippen molar-refractivity contribution in [1.29, 1.82) is 0 Å². The highest BCUT2D eigenvalue weighted by Gasteiger charge is 1.97. The first kappa shape index (κ1) is 11.0. The predicted octanol–water partition coefficient (Wildman–Crippen LogP) is 3.04. The number of pyridine rings is 1. The van der Waals surface area contributed by atoms with Crippen LogP contribution in [0.25, 0.3) is 0 Å². The number of aromatic nitrogens is 1. The molecule has 2 nitrogen and oxygen atoms in total. The van der Waals surface area contributed by atoms with E-state index in [1.54, 1.807) is 6.07 Å². The van der Waals surface area contributed by atoms with Crippen LogP contribution in [0.3, 0.4) is 0 Å². The molecule has 1 heterocycles. The molecule has 0 saturated heterocycles. The molecule has 0 aromatic carbocycles. The molecule has 0 aliphatic heterocycles. The van der Waals surface area contributed by atoms with E-state index in [0.29, 0.717) is 18.3 Å². The topological polar surface area (TPSA) is 22.1 Å². The average Bonchev–Trinajstić information content (AvgIpc) is 2.15. The molecule has 0 aliphatic carbocycles. The van der Waals surface area contributed by atoms with E-state index in [0.717, 1.165) is 12.8 Å². The molecule has 0 amide bonds. The molecule has 0 aliphatic rings. The molecule has 0 unspecified atom stereocenters. The summed E-state index contributed by atoms with van der Waals surface area (Å²) in [4.78, 5) is 3.50. The van der Waals surface area contributed by atoms with Crippen LogP contribution in [-0.4, -0.2) is 11.6 Å². The van der Waals surface area contributed by atoms with Gasteiger partial charge in [-0.05, 0) is 30.9 Å². The maximum atomic E-state index is 12.4. The minimum atomic E-state index is -0.473. The lowest BCUT2D eigenvalue weighted by molar-refractivity contribution is 0.296. The Kier molecular flexibility index (Phi) is 4.36. The molecule has 1 rings (SSSR count). The molecule has 3 heteroatoms. The van der Waals surface area contributed by atoms with Crippen LogP contribution >= 0.6 is 0 Å². The summed E-state index contributed by atoms with van der Waals surface area (Å²) < 4.78 is 17.8. The van der Waals surface area contributed by atoms with Crippen LogP contribution in [-0.2, 0) is 0 Å². The highest BCUT2D eigenvalue weighted by molar-refractivity contribution is 5.15. The second-order valence-electron chi connectivity index (χ2n) is 3.70. The summed E-state index contributed by atoms with van der Waals surface area (Å²) in [6, 6.07) is 2.90. The summed E-state index contributed by atoms with van der Waals surface area (Å²) >= 11 is 0. The van der Waals surface area contributed by atoms with E-state index >= 15 is 0 Å². The fourth-order valence-electron chi connectivity index (χ4n) is 1.13. The predicted molar refractivity (Wildman–Crippen MR) is 53.8 cm³/mol. The van der Waals surface area contributed by atoms with Crippen LogP contribution < -0.4 is 4.74 Å². The van der Waals surface area contributed by atoms with Gasteiger partial charge in [-0.3, -0.25) is 0 Å². The maximum Gasteiger partial charge on any atom is 0.213 e. The Morgan fingerprint density at radius 1 is 1.43 bits per heavy atom. The number of hydrogen-bond donors (Lipinski definition) is 0. The molecule has 1 aromatic rings. The quantitative estimate of drug-likeness (QED) is 0.534. The van der Waals surface area contributed by atoms with E-state index in [1.165, 1.54) is 12.3 Å². The van der Waals surface area contributed by atoms with Crippen molar-refractivity contribution in [3.05, 3.63) is 24.3 Å². The average molecular weight is 197 g/mol. The first-order valence-corrected chi connectivity index (χ1v) is 4.93. The van der Waals surface area contributed by atoms with Crippen molar-refractivity contribution >= 4 is 0 Å². The molecule has 0 fully saturated rings. The van der Waals surface area contributed by atoms with Crippen molar-refractivity contribution in [1.82, 2.24) is 4.98 Å². The lowest BCUT2D eigenvalue weighted by Gasteiger charge is -2.06. The molecule has 1 aromatic heterocycles. The van der Waals surface area contributed by atoms with Crippen molar-refractivity contribution in [2.75, 3.05) is 6.61 Å². The highest BCUT2D eigenvalue weighted by atomic mass is 19.1. The van der Waals surface area contributed by atoms with Gasteiger partial charge in [-0.1, -0.05) is 13.8 Å². The van der Waals surface area contributed by atoms with Gasteiger partial charge in [0, 0.05) is 0 Å². The van der Waals surface area contributed by atoms with Gasteiger partial charge in [0.25, 0.3) is 0 Å². The van der Waals surface area contributed by atoms with Crippen molar-refractivity contribution in [3.8, 4) is 5.75 Å². The number of nitrogens with zero attached hydrogens (tertiary/aromatic N) is 1. The fraction of sp³-hybridized carbons (Fsp3) is 0.545. The van der Waals surface area contributed by atoms with E-state index in [2.05, 4.69) is 18.8 Å². The molecule has 0 radical (unpaired) electrons. The second-order valence-corrected chi connectivity index (χ2v) is 3.70. The van der Waals surface area contributed by atoms with Gasteiger partial charge in [-0.15, -0.1) is 0 Å². The first-order chi connectivity index (χ1) is 6.68. The Balaban J connectivity index is 2.21. The second kappa shape index (κ2) is 5.58. The van der Waals surface area contributed by atoms with Crippen molar-refractivity contribution in [2.24, 2.45) is 5.92 Å². The van der Waals surface area contributed by atoms with Gasteiger partial charge in [0.2, 0.25) is 5.95 Å². The van der Waals surface area contributed by atoms with Gasteiger partial charge in [0.1, 0.15) is 5.75 Å². The summed E-state index contributed by atoms with van der Waals surface area (Å²) in [5.74, 6) is 0.861. The SMILES string of the molecule is CC(C)CCCOc1ccc(F)nc1. The minimum Gasteiger partial charge on any atom is -0.492 e. The zero-order valence-electron chi connectivity index (χ0n) is 8.66. The van der Waals surface area contributed by atoms with E-state index in [1.807, 2.05) is 0 Å². The molecule has 14 heavy (non-hydrogen) atoms. The third-order valence-corrected chi connectivity index (χ3v) is 1.89. The van der Waals surface area contributed by atoms with Crippen LogP contribution in [0.5, 0.6) is 5.75 Å². The largest absolute Gasteiger partial charge is 0.492 e. The normalized spacial score (nSPS) is 10.6. The van der Waals surface area contributed by atoms with E-state index in [9.17, 15) is 4.39 Å². The number of hydrogen-bond acceptors (Lipinski definition) is 2. The minimum absolute atomic E-state index is 0.473. The third kappa shape index (κ3) is 4.21. The van der Waals surface area contributed by atoms with Gasteiger partial charge >= 0.3 is 0 Å². The molecule has 78 valence electrons. The van der Waals surface area contributed by atoms with E-state index in [4.69, 9.17) is 4.74 Å².